The molecule has 0 aliphatic carbocycles. The Balaban J connectivity index is 1.26. The maximum atomic E-state index is 12.9. The van der Waals surface area contributed by atoms with E-state index in [-0.39, 0.29) is 18.2 Å². The van der Waals surface area contributed by atoms with Gasteiger partial charge in [-0.15, -0.1) is 0 Å². The number of carbonyl (C=O) groups excluding carboxylic acids is 3. The van der Waals surface area contributed by atoms with E-state index in [9.17, 15) is 14.4 Å². The van der Waals surface area contributed by atoms with Crippen molar-refractivity contribution < 1.29 is 19.2 Å². The highest BCUT2D eigenvalue weighted by atomic mass is 16.7. The van der Waals surface area contributed by atoms with Crippen molar-refractivity contribution in [3.63, 3.8) is 0 Å². The summed E-state index contributed by atoms with van der Waals surface area (Å²) in [5, 5.41) is 2.97. The number of hydrogen-bond donors (Lipinski definition) is 2. The Morgan fingerprint density at radius 2 is 1.52 bits per heavy atom. The molecule has 3 aromatic carbocycles. The van der Waals surface area contributed by atoms with Crippen molar-refractivity contribution in [3.05, 3.63) is 114 Å². The Morgan fingerprint density at radius 1 is 0.795 bits per heavy atom. The van der Waals surface area contributed by atoms with Gasteiger partial charge in [0.2, 0.25) is 0 Å². The monoisotopic (exact) mass is 592 g/mol. The van der Waals surface area contributed by atoms with Gasteiger partial charge in [-0.2, -0.15) is 0 Å². The first-order valence-electron chi connectivity index (χ1n) is 15.2. The number of hydrogen-bond acceptors (Lipinski definition) is 6. The van der Waals surface area contributed by atoms with Gasteiger partial charge >= 0.3 is 12.0 Å². The van der Waals surface area contributed by atoms with Crippen LogP contribution in [0.15, 0.2) is 97.1 Å². The van der Waals surface area contributed by atoms with Crippen molar-refractivity contribution in [3.8, 4) is 11.3 Å². The number of nitrogens with one attached hydrogen (secondary N) is 2. The Labute approximate surface area is 259 Å². The first kappa shape index (κ1) is 31.9. The second-order valence-electron chi connectivity index (χ2n) is 10.6. The second kappa shape index (κ2) is 16.6. The molecule has 0 radical (unpaired) electrons. The summed E-state index contributed by atoms with van der Waals surface area (Å²) >= 11 is 0. The number of carbonyl (C=O) groups is 3. The zero-order valence-corrected chi connectivity index (χ0v) is 25.4. The molecular formula is C36H40N4O4. The number of urea groups is 1. The first-order chi connectivity index (χ1) is 21.5. The van der Waals surface area contributed by atoms with Gasteiger partial charge in [0.15, 0.2) is 5.78 Å². The molecule has 4 rings (SSSR count). The smallest absolute Gasteiger partial charge is 0.332 e. The van der Waals surface area contributed by atoms with Gasteiger partial charge in [0.25, 0.3) is 0 Å². The zero-order chi connectivity index (χ0) is 31.1. The molecule has 0 spiro atoms. The van der Waals surface area contributed by atoms with E-state index in [0.29, 0.717) is 35.6 Å². The highest BCUT2D eigenvalue weighted by molar-refractivity contribution is 6.12. The molecule has 0 atom stereocenters. The third-order valence-electron chi connectivity index (χ3n) is 7.29. The van der Waals surface area contributed by atoms with Crippen molar-refractivity contribution in [2.75, 3.05) is 24.0 Å². The molecule has 0 saturated heterocycles. The van der Waals surface area contributed by atoms with Crippen LogP contribution in [-0.4, -0.2) is 36.4 Å². The number of ketones is 1. The minimum Gasteiger partial charge on any atom is -0.343 e. The summed E-state index contributed by atoms with van der Waals surface area (Å²) in [5.41, 5.74) is 6.70. The van der Waals surface area contributed by atoms with E-state index >= 15 is 0 Å². The lowest BCUT2D eigenvalue weighted by Crippen LogP contribution is -2.38. The number of aromatic nitrogens is 1. The van der Waals surface area contributed by atoms with Crippen molar-refractivity contribution in [2.24, 2.45) is 0 Å². The number of nitrogens with zero attached hydrogens (tertiary/aromatic N) is 2. The topological polar surface area (TPSA) is 101 Å². The molecule has 0 saturated carbocycles. The Kier molecular flexibility index (Phi) is 12.1. The van der Waals surface area contributed by atoms with Crippen molar-refractivity contribution in [1.82, 2.24) is 10.3 Å². The van der Waals surface area contributed by atoms with Crippen molar-refractivity contribution in [2.45, 2.75) is 51.9 Å². The number of rotatable bonds is 15. The largest absolute Gasteiger partial charge is 0.343 e. The summed E-state index contributed by atoms with van der Waals surface area (Å²) < 4.78 is 0. The van der Waals surface area contributed by atoms with Crippen LogP contribution in [0.2, 0.25) is 0 Å². The van der Waals surface area contributed by atoms with Gasteiger partial charge in [-0.25, -0.2) is 20.1 Å². The third kappa shape index (κ3) is 9.26. The number of amides is 2. The molecule has 0 aliphatic heterocycles. The highest BCUT2D eigenvalue weighted by Gasteiger charge is 2.15. The maximum Gasteiger partial charge on any atom is 0.332 e. The van der Waals surface area contributed by atoms with Crippen LogP contribution < -0.4 is 15.7 Å². The lowest BCUT2D eigenvalue weighted by molar-refractivity contribution is -0.140. The summed E-state index contributed by atoms with van der Waals surface area (Å²) in [6.45, 7) is 2.84. The van der Waals surface area contributed by atoms with Crippen LogP contribution in [0.25, 0.3) is 11.3 Å². The van der Waals surface area contributed by atoms with Gasteiger partial charge in [-0.05, 0) is 42.7 Å². The first-order valence-corrected chi connectivity index (χ1v) is 15.2. The summed E-state index contributed by atoms with van der Waals surface area (Å²) in [6.07, 6.45) is 6.35. The molecule has 0 bridgehead atoms. The molecule has 44 heavy (non-hydrogen) atoms. The second-order valence-corrected chi connectivity index (χ2v) is 10.6. The highest BCUT2D eigenvalue weighted by Crippen LogP contribution is 2.22. The summed E-state index contributed by atoms with van der Waals surface area (Å²) in [5.74, 6) is -0.0297. The Hall–Kier alpha value is -4.98. The van der Waals surface area contributed by atoms with E-state index in [1.807, 2.05) is 48.5 Å². The predicted octanol–water partition coefficient (Wildman–Crippen LogP) is 7.60. The molecule has 8 heteroatoms. The van der Waals surface area contributed by atoms with E-state index in [1.165, 1.54) is 24.2 Å². The lowest BCUT2D eigenvalue weighted by atomic mass is 10.0. The quantitative estimate of drug-likeness (QED) is 0.0838. The molecule has 2 amide bonds. The van der Waals surface area contributed by atoms with E-state index in [2.05, 4.69) is 22.7 Å². The Bertz CT molecular complexity index is 1520. The molecule has 8 nitrogen and oxygen atoms in total. The molecule has 1 heterocycles. The minimum absolute atomic E-state index is 0.159. The third-order valence-corrected chi connectivity index (χ3v) is 7.29. The molecule has 1 aromatic heterocycles. The minimum atomic E-state index is -0.437. The van der Waals surface area contributed by atoms with Gasteiger partial charge < -0.3 is 10.2 Å². The van der Waals surface area contributed by atoms with Crippen LogP contribution in [-0.2, 0) is 16.1 Å². The molecule has 4 aromatic rings. The van der Waals surface area contributed by atoms with Crippen molar-refractivity contribution in [1.29, 1.82) is 0 Å². The number of unbranched alkanes of at least 4 members (excludes halogenated alkanes) is 4. The zero-order valence-electron chi connectivity index (χ0n) is 25.4. The lowest BCUT2D eigenvalue weighted by Gasteiger charge is -2.18. The maximum absolute atomic E-state index is 12.9. The number of aryl methyl sites for hydroxylation is 1. The molecule has 0 unspecified atom stereocenters. The summed E-state index contributed by atoms with van der Waals surface area (Å²) in [7, 11) is 1.72. The average Bonchev–Trinajstić information content (AvgIpc) is 3.08. The number of para-hydroxylation sites is 1. The SMILES string of the molecule is CCCCCCCNC(=O)N(C)c1cccc(-c2ccc(CCC(=O)ONc3ccccc3C(=O)c3ccccc3)cc2)n1. The van der Waals surface area contributed by atoms with Crippen molar-refractivity contribution >= 4 is 29.3 Å². The van der Waals surface area contributed by atoms with Gasteiger partial charge in [-0.3, -0.25) is 9.69 Å². The van der Waals surface area contributed by atoms with Gasteiger partial charge in [-0.1, -0.05) is 105 Å². The van der Waals surface area contributed by atoms with Gasteiger partial charge in [0.1, 0.15) is 5.82 Å². The fourth-order valence-electron chi connectivity index (χ4n) is 4.68. The molecule has 0 fully saturated rings. The fraction of sp³-hybridized carbons (Fsp3) is 0.278. The molecular weight excluding hydrogens is 552 g/mol. The average molecular weight is 593 g/mol. The van der Waals surface area contributed by atoms with Gasteiger partial charge in [0, 0.05) is 30.3 Å². The van der Waals surface area contributed by atoms with Crippen LogP contribution in [0.1, 0.15) is 66.9 Å². The normalized spacial score (nSPS) is 10.6. The molecule has 0 aliphatic rings. The summed E-state index contributed by atoms with van der Waals surface area (Å²) in [4.78, 5) is 49.5. The van der Waals surface area contributed by atoms with E-state index in [4.69, 9.17) is 4.84 Å². The van der Waals surface area contributed by atoms with Crippen LogP contribution in [0.4, 0.5) is 16.3 Å². The molecule has 228 valence electrons. The fourth-order valence-corrected chi connectivity index (χ4v) is 4.68. The van der Waals surface area contributed by atoms with Crippen LogP contribution in [0.5, 0.6) is 0 Å². The number of anilines is 2. The summed E-state index contributed by atoms with van der Waals surface area (Å²) in [6, 6.07) is 29.1. The van der Waals surface area contributed by atoms with E-state index in [1.54, 1.807) is 55.6 Å². The van der Waals surface area contributed by atoms with E-state index in [0.717, 1.165) is 29.7 Å². The molecule has 2 N–H and O–H groups in total. The number of pyridine rings is 1. The Morgan fingerprint density at radius 3 is 2.30 bits per heavy atom. The van der Waals surface area contributed by atoms with Crippen LogP contribution >= 0.6 is 0 Å². The standard InChI is InChI=1S/C36H40N4O4/c1-3-4-5-6-12-26-37-36(43)40(2)33-19-13-18-31(38-33)28-23-20-27(21-24-28)22-25-34(41)44-39-32-17-11-10-16-30(32)35(42)29-14-8-7-9-15-29/h7-11,13-21,23-24,39H,3-6,12,22,25-26H2,1-2H3,(H,37,43). The predicted molar refractivity (Wildman–Crippen MR) is 175 cm³/mol. The van der Waals surface area contributed by atoms with Crippen LogP contribution in [0, 0.1) is 0 Å². The number of benzene rings is 3. The van der Waals surface area contributed by atoms with E-state index < -0.39 is 5.97 Å². The van der Waals surface area contributed by atoms with Crippen LogP contribution in [0.3, 0.4) is 0 Å². The van der Waals surface area contributed by atoms with Gasteiger partial charge in [0.05, 0.1) is 17.8 Å².